The molecule has 0 bridgehead atoms. The number of amides is 1. The van der Waals surface area contributed by atoms with Crippen LogP contribution in [0.5, 0.6) is 0 Å². The lowest BCUT2D eigenvalue weighted by Gasteiger charge is -2.31. The van der Waals surface area contributed by atoms with Gasteiger partial charge in [-0.15, -0.1) is 0 Å². The largest absolute Gasteiger partial charge is 0.289 e. The van der Waals surface area contributed by atoms with Gasteiger partial charge in [0.05, 0.1) is 5.54 Å². The van der Waals surface area contributed by atoms with Crippen LogP contribution in [0.1, 0.15) is 47.1 Å². The van der Waals surface area contributed by atoms with E-state index in [0.717, 1.165) is 0 Å². The van der Waals surface area contributed by atoms with E-state index in [1.165, 1.54) is 5.01 Å². The second-order valence-corrected chi connectivity index (χ2v) is 6.12. The summed E-state index contributed by atoms with van der Waals surface area (Å²) in [6.07, 6.45) is 0. The van der Waals surface area contributed by atoms with Crippen LogP contribution in [0.2, 0.25) is 0 Å². The summed E-state index contributed by atoms with van der Waals surface area (Å²) in [5, 5.41) is 1.18. The maximum atomic E-state index is 12.4. The molecule has 22 heavy (non-hydrogen) atoms. The van der Waals surface area contributed by atoms with Gasteiger partial charge in [0.25, 0.3) is 5.91 Å². The monoisotopic (exact) mass is 296 g/mol. The van der Waals surface area contributed by atoms with Crippen LogP contribution >= 0.6 is 0 Å². The van der Waals surface area contributed by atoms with Crippen molar-refractivity contribution in [3.05, 3.63) is 71.3 Å². The van der Waals surface area contributed by atoms with E-state index in [9.17, 15) is 9.59 Å². The van der Waals surface area contributed by atoms with Crippen molar-refractivity contribution < 1.29 is 9.59 Å². The van der Waals surface area contributed by atoms with Gasteiger partial charge >= 0.3 is 0 Å². The quantitative estimate of drug-likeness (QED) is 0.410. The molecule has 2 N–H and O–H groups in total. The van der Waals surface area contributed by atoms with E-state index in [1.807, 2.05) is 39.0 Å². The first-order chi connectivity index (χ1) is 10.3. The van der Waals surface area contributed by atoms with Crippen LogP contribution in [0.15, 0.2) is 54.6 Å². The van der Waals surface area contributed by atoms with Crippen LogP contribution in [-0.4, -0.2) is 22.2 Å². The van der Waals surface area contributed by atoms with Gasteiger partial charge in [-0.1, -0.05) is 42.5 Å². The molecular weight excluding hydrogens is 276 g/mol. The molecule has 0 aliphatic carbocycles. The Labute approximate surface area is 130 Å². The van der Waals surface area contributed by atoms with Crippen molar-refractivity contribution in [2.24, 2.45) is 5.84 Å². The van der Waals surface area contributed by atoms with E-state index in [2.05, 4.69) is 0 Å². The molecule has 0 unspecified atom stereocenters. The lowest BCUT2D eigenvalue weighted by Crippen LogP contribution is -2.50. The predicted molar refractivity (Wildman–Crippen MR) is 86.4 cm³/mol. The third kappa shape index (κ3) is 3.40. The molecule has 0 fully saturated rings. The van der Waals surface area contributed by atoms with E-state index in [4.69, 9.17) is 5.84 Å². The molecule has 0 spiro atoms. The van der Waals surface area contributed by atoms with Crippen LogP contribution in [0.4, 0.5) is 0 Å². The van der Waals surface area contributed by atoms with Gasteiger partial charge in [0.1, 0.15) is 0 Å². The van der Waals surface area contributed by atoms with Crippen LogP contribution in [0.25, 0.3) is 0 Å². The number of hydrogen-bond acceptors (Lipinski definition) is 3. The summed E-state index contributed by atoms with van der Waals surface area (Å²) in [5.41, 5.74) is 0.974. The molecule has 4 nitrogen and oxygen atoms in total. The highest BCUT2D eigenvalue weighted by Gasteiger charge is 2.25. The molecule has 0 aliphatic rings. The van der Waals surface area contributed by atoms with Crippen molar-refractivity contribution in [2.75, 3.05) is 0 Å². The fourth-order valence-corrected chi connectivity index (χ4v) is 1.99. The Morgan fingerprint density at radius 3 is 2.00 bits per heavy atom. The van der Waals surface area contributed by atoms with Crippen molar-refractivity contribution >= 4 is 11.7 Å². The first-order valence-electron chi connectivity index (χ1n) is 7.10. The summed E-state index contributed by atoms with van der Waals surface area (Å²) in [6, 6.07) is 15.6. The van der Waals surface area contributed by atoms with Crippen molar-refractivity contribution in [2.45, 2.75) is 26.3 Å². The molecule has 2 aromatic carbocycles. The van der Waals surface area contributed by atoms with Gasteiger partial charge in [0.2, 0.25) is 0 Å². The van der Waals surface area contributed by atoms with Crippen LogP contribution < -0.4 is 5.84 Å². The molecular formula is C18H20N2O2. The summed E-state index contributed by atoms with van der Waals surface area (Å²) in [6.45, 7) is 5.55. The van der Waals surface area contributed by atoms with Crippen molar-refractivity contribution in [1.82, 2.24) is 5.01 Å². The smallest absolute Gasteiger partial charge is 0.268 e. The van der Waals surface area contributed by atoms with Gasteiger partial charge in [-0.25, -0.2) is 5.84 Å². The van der Waals surface area contributed by atoms with E-state index >= 15 is 0 Å². The third-order valence-corrected chi connectivity index (χ3v) is 3.35. The number of hydrogen-bond donors (Lipinski definition) is 1. The zero-order chi connectivity index (χ0) is 16.3. The molecule has 0 aliphatic heterocycles. The molecule has 2 aromatic rings. The maximum Gasteiger partial charge on any atom is 0.268 e. The van der Waals surface area contributed by atoms with E-state index in [-0.39, 0.29) is 11.7 Å². The Hall–Kier alpha value is -2.46. The van der Waals surface area contributed by atoms with Gasteiger partial charge < -0.3 is 0 Å². The van der Waals surface area contributed by atoms with Crippen LogP contribution in [0, 0.1) is 0 Å². The van der Waals surface area contributed by atoms with Crippen molar-refractivity contribution in [3.63, 3.8) is 0 Å². The minimum absolute atomic E-state index is 0.116. The Balaban J connectivity index is 2.31. The van der Waals surface area contributed by atoms with Gasteiger partial charge in [-0.3, -0.25) is 14.6 Å². The Morgan fingerprint density at radius 1 is 0.864 bits per heavy atom. The number of nitrogens with two attached hydrogens (primary N) is 1. The van der Waals surface area contributed by atoms with Gasteiger partial charge in [0, 0.05) is 16.7 Å². The SMILES string of the molecule is CC(C)(C)N(N)C(=O)c1cccc(C(=O)c2ccccc2)c1. The molecule has 0 radical (unpaired) electrons. The lowest BCUT2D eigenvalue weighted by molar-refractivity contribution is 0.0582. The summed E-state index contributed by atoms with van der Waals surface area (Å²) in [4.78, 5) is 24.8. The van der Waals surface area contributed by atoms with Crippen LogP contribution in [0.3, 0.4) is 0 Å². The number of ketones is 1. The molecule has 114 valence electrons. The minimum atomic E-state index is -0.490. The van der Waals surface area contributed by atoms with E-state index < -0.39 is 5.54 Å². The topological polar surface area (TPSA) is 63.4 Å². The summed E-state index contributed by atoms with van der Waals surface area (Å²) in [5.74, 6) is 5.44. The Kier molecular flexibility index (Phi) is 4.43. The number of hydrazine groups is 1. The highest BCUT2D eigenvalue weighted by molar-refractivity contribution is 6.10. The molecule has 0 saturated heterocycles. The van der Waals surface area contributed by atoms with Crippen molar-refractivity contribution in [1.29, 1.82) is 0 Å². The molecule has 0 atom stereocenters. The molecule has 0 aromatic heterocycles. The summed E-state index contributed by atoms with van der Waals surface area (Å²) in [7, 11) is 0. The highest BCUT2D eigenvalue weighted by Crippen LogP contribution is 2.16. The average molecular weight is 296 g/mol. The average Bonchev–Trinajstić information content (AvgIpc) is 2.53. The van der Waals surface area contributed by atoms with E-state index in [1.54, 1.807) is 36.4 Å². The second kappa shape index (κ2) is 6.12. The standard InChI is InChI=1S/C18H20N2O2/c1-18(2,3)20(19)17(22)15-11-7-10-14(12-15)16(21)13-8-5-4-6-9-13/h4-12H,19H2,1-3H3. The Morgan fingerprint density at radius 2 is 1.41 bits per heavy atom. The fraction of sp³-hybridized carbons (Fsp3) is 0.222. The zero-order valence-electron chi connectivity index (χ0n) is 13.0. The number of carbonyl (C=O) groups excluding carboxylic acids is 2. The predicted octanol–water partition coefficient (Wildman–Crippen LogP) is 3.03. The number of benzene rings is 2. The third-order valence-electron chi connectivity index (χ3n) is 3.35. The number of rotatable bonds is 3. The fourth-order valence-electron chi connectivity index (χ4n) is 1.99. The van der Waals surface area contributed by atoms with E-state index in [0.29, 0.717) is 16.7 Å². The molecule has 2 rings (SSSR count). The molecule has 0 saturated carbocycles. The highest BCUT2D eigenvalue weighted by atomic mass is 16.2. The lowest BCUT2D eigenvalue weighted by atomic mass is 10.0. The Bertz CT molecular complexity index is 688. The second-order valence-electron chi connectivity index (χ2n) is 6.12. The number of nitrogens with zero attached hydrogens (tertiary/aromatic N) is 1. The zero-order valence-corrected chi connectivity index (χ0v) is 13.0. The first kappa shape index (κ1) is 15.9. The summed E-state index contributed by atoms with van der Waals surface area (Å²) >= 11 is 0. The maximum absolute atomic E-state index is 12.4. The first-order valence-corrected chi connectivity index (χ1v) is 7.10. The normalized spacial score (nSPS) is 11.1. The van der Waals surface area contributed by atoms with Gasteiger partial charge in [-0.05, 0) is 32.9 Å². The van der Waals surface area contributed by atoms with Crippen molar-refractivity contribution in [3.8, 4) is 0 Å². The van der Waals surface area contributed by atoms with Gasteiger partial charge in [0.15, 0.2) is 5.78 Å². The molecule has 4 heteroatoms. The molecule has 1 amide bonds. The van der Waals surface area contributed by atoms with Crippen LogP contribution in [-0.2, 0) is 0 Å². The van der Waals surface area contributed by atoms with Gasteiger partial charge in [-0.2, -0.15) is 0 Å². The minimum Gasteiger partial charge on any atom is -0.289 e. The molecule has 0 heterocycles. The summed E-state index contributed by atoms with van der Waals surface area (Å²) < 4.78 is 0. The number of carbonyl (C=O) groups is 2.